The molecule has 1 N–H and O–H groups in total. The quantitative estimate of drug-likeness (QED) is 0.264. The number of carbonyl (C=O) groups is 4. The second-order valence-electron chi connectivity index (χ2n) is 7.69. The monoisotopic (exact) mass is 504 g/mol. The Morgan fingerprint density at radius 3 is 2.22 bits per heavy atom. The number of rotatable bonds is 8. The molecular weight excluding hydrogens is 484 g/mol. The number of nitrogens with one attached hydrogen (secondary N) is 1. The molecule has 0 spiro atoms. The van der Waals surface area contributed by atoms with Crippen LogP contribution >= 0.6 is 11.6 Å². The van der Waals surface area contributed by atoms with E-state index in [1.807, 2.05) is 13.0 Å². The van der Waals surface area contributed by atoms with Crippen LogP contribution in [0.3, 0.4) is 0 Å². The highest BCUT2D eigenvalue weighted by molar-refractivity contribution is 6.53. The first-order chi connectivity index (χ1) is 17.4. The zero-order valence-corrected chi connectivity index (χ0v) is 20.0. The second-order valence-corrected chi connectivity index (χ2v) is 8.07. The van der Waals surface area contributed by atoms with Crippen LogP contribution in [-0.4, -0.2) is 30.4 Å². The summed E-state index contributed by atoms with van der Waals surface area (Å²) in [5, 5.41) is 2.51. The molecule has 182 valence electrons. The van der Waals surface area contributed by atoms with E-state index in [1.165, 1.54) is 24.3 Å². The van der Waals surface area contributed by atoms with E-state index in [2.05, 4.69) is 5.32 Å². The number of hydrogen-bond donors (Lipinski definition) is 1. The van der Waals surface area contributed by atoms with E-state index in [0.717, 1.165) is 4.90 Å². The molecule has 0 atom stereocenters. The lowest BCUT2D eigenvalue weighted by molar-refractivity contribution is -0.120. The van der Waals surface area contributed by atoms with Crippen molar-refractivity contribution >= 4 is 46.7 Å². The topological polar surface area (TPSA) is 102 Å². The van der Waals surface area contributed by atoms with E-state index in [4.69, 9.17) is 21.1 Å². The Labute approximate surface area is 212 Å². The van der Waals surface area contributed by atoms with Crippen LogP contribution in [0.1, 0.15) is 34.1 Å². The fourth-order valence-electron chi connectivity index (χ4n) is 3.43. The third-order valence-corrected chi connectivity index (χ3v) is 5.52. The summed E-state index contributed by atoms with van der Waals surface area (Å²) in [6, 6.07) is 20.9. The van der Waals surface area contributed by atoms with Gasteiger partial charge in [0.1, 0.15) is 16.5 Å². The average molecular weight is 505 g/mol. The minimum Gasteiger partial charge on any atom is -0.462 e. The van der Waals surface area contributed by atoms with Gasteiger partial charge < -0.3 is 14.8 Å². The minimum absolute atomic E-state index is 0.0691. The molecule has 0 bridgehead atoms. The van der Waals surface area contributed by atoms with Gasteiger partial charge in [0.2, 0.25) is 0 Å². The van der Waals surface area contributed by atoms with Gasteiger partial charge in [0.25, 0.3) is 11.8 Å². The standard InChI is InChI=1S/C27H21ClN2O6/c1-2-16-35-27(34)20-10-6-7-11-21(20)30-24(31)22(28)23(25(30)32)29-18-14-12-17(13-15-18)26(33)36-19-8-4-3-5-9-19/h3-15,29H,2,16H2,1H3. The Balaban J connectivity index is 1.51. The number of amides is 2. The van der Waals surface area contributed by atoms with Crippen molar-refractivity contribution in [2.45, 2.75) is 13.3 Å². The first-order valence-corrected chi connectivity index (χ1v) is 11.5. The molecule has 3 aromatic rings. The Kier molecular flexibility index (Phi) is 7.46. The number of esters is 2. The minimum atomic E-state index is -0.775. The lowest BCUT2D eigenvalue weighted by Crippen LogP contribution is -2.33. The molecule has 2 amide bonds. The number of nitrogens with zero attached hydrogens (tertiary/aromatic N) is 1. The van der Waals surface area contributed by atoms with Gasteiger partial charge in [-0.25, -0.2) is 14.5 Å². The zero-order valence-electron chi connectivity index (χ0n) is 19.2. The molecule has 0 unspecified atom stereocenters. The van der Waals surface area contributed by atoms with Crippen molar-refractivity contribution < 1.29 is 28.7 Å². The SMILES string of the molecule is CCCOC(=O)c1ccccc1N1C(=O)C(Cl)=C(Nc2ccc(C(=O)Oc3ccccc3)cc2)C1=O. The van der Waals surface area contributed by atoms with Gasteiger partial charge in [-0.15, -0.1) is 0 Å². The highest BCUT2D eigenvalue weighted by atomic mass is 35.5. The summed E-state index contributed by atoms with van der Waals surface area (Å²) in [6.07, 6.45) is 0.625. The third kappa shape index (κ3) is 5.13. The average Bonchev–Trinajstić information content (AvgIpc) is 3.11. The maximum absolute atomic E-state index is 13.2. The maximum atomic E-state index is 13.2. The lowest BCUT2D eigenvalue weighted by Gasteiger charge is -2.18. The second kappa shape index (κ2) is 10.9. The maximum Gasteiger partial charge on any atom is 0.343 e. The summed E-state index contributed by atoms with van der Waals surface area (Å²) in [5.41, 5.74) is 0.692. The number of halogens is 1. The van der Waals surface area contributed by atoms with Gasteiger partial charge in [0, 0.05) is 5.69 Å². The number of imide groups is 1. The van der Waals surface area contributed by atoms with Crippen LogP contribution in [0.5, 0.6) is 5.75 Å². The van der Waals surface area contributed by atoms with Gasteiger partial charge >= 0.3 is 11.9 Å². The molecule has 3 aromatic carbocycles. The summed E-state index contributed by atoms with van der Waals surface area (Å²) in [6.45, 7) is 2.06. The van der Waals surface area contributed by atoms with Crippen LogP contribution in [0.4, 0.5) is 11.4 Å². The molecule has 0 fully saturated rings. The summed E-state index contributed by atoms with van der Waals surface area (Å²) in [4.78, 5) is 51.7. The Hall–Kier alpha value is -4.43. The van der Waals surface area contributed by atoms with Gasteiger partial charge in [-0.2, -0.15) is 0 Å². The van der Waals surface area contributed by atoms with Crippen molar-refractivity contribution in [2.24, 2.45) is 0 Å². The number of para-hydroxylation sites is 2. The van der Waals surface area contributed by atoms with Crippen LogP contribution in [-0.2, 0) is 14.3 Å². The van der Waals surface area contributed by atoms with Crippen molar-refractivity contribution in [3.63, 3.8) is 0 Å². The molecule has 36 heavy (non-hydrogen) atoms. The predicted molar refractivity (Wildman–Crippen MR) is 134 cm³/mol. The summed E-state index contributed by atoms with van der Waals surface area (Å²) < 4.78 is 10.5. The molecule has 1 heterocycles. The van der Waals surface area contributed by atoms with Gasteiger partial charge in [0.15, 0.2) is 0 Å². The summed E-state index contributed by atoms with van der Waals surface area (Å²) in [7, 11) is 0. The molecule has 8 nitrogen and oxygen atoms in total. The first kappa shape index (κ1) is 24.7. The Morgan fingerprint density at radius 1 is 0.861 bits per heavy atom. The highest BCUT2D eigenvalue weighted by Gasteiger charge is 2.40. The lowest BCUT2D eigenvalue weighted by atomic mass is 10.1. The molecule has 9 heteroatoms. The molecule has 1 aliphatic rings. The van der Waals surface area contributed by atoms with Crippen LogP contribution in [0.2, 0.25) is 0 Å². The van der Waals surface area contributed by atoms with E-state index in [-0.39, 0.29) is 28.6 Å². The van der Waals surface area contributed by atoms with Gasteiger partial charge in [-0.05, 0) is 55.0 Å². The van der Waals surface area contributed by atoms with Crippen LogP contribution in [0.15, 0.2) is 89.6 Å². The van der Waals surface area contributed by atoms with E-state index in [9.17, 15) is 19.2 Å². The van der Waals surface area contributed by atoms with E-state index >= 15 is 0 Å². The molecule has 0 radical (unpaired) electrons. The molecule has 0 aromatic heterocycles. The van der Waals surface area contributed by atoms with Crippen molar-refractivity contribution in [2.75, 3.05) is 16.8 Å². The van der Waals surface area contributed by atoms with Crippen LogP contribution < -0.4 is 15.0 Å². The molecule has 0 aliphatic carbocycles. The van der Waals surface area contributed by atoms with E-state index in [0.29, 0.717) is 23.4 Å². The van der Waals surface area contributed by atoms with Crippen molar-refractivity contribution in [3.05, 3.63) is 101 Å². The smallest absolute Gasteiger partial charge is 0.343 e. The largest absolute Gasteiger partial charge is 0.462 e. The fraction of sp³-hybridized carbons (Fsp3) is 0.111. The van der Waals surface area contributed by atoms with Gasteiger partial charge in [0.05, 0.1) is 23.4 Å². The van der Waals surface area contributed by atoms with Crippen LogP contribution in [0, 0.1) is 0 Å². The van der Waals surface area contributed by atoms with E-state index < -0.39 is 23.8 Å². The number of anilines is 2. The predicted octanol–water partition coefficient (Wildman–Crippen LogP) is 4.91. The van der Waals surface area contributed by atoms with Gasteiger partial charge in [-0.1, -0.05) is 48.9 Å². The Bertz CT molecular complexity index is 1350. The normalized spacial score (nSPS) is 13.1. The third-order valence-electron chi connectivity index (χ3n) is 5.17. The zero-order chi connectivity index (χ0) is 25.7. The molecule has 0 saturated heterocycles. The fourth-order valence-corrected chi connectivity index (χ4v) is 3.64. The summed E-state index contributed by atoms with van der Waals surface area (Å²) in [5.74, 6) is -2.29. The molecule has 1 aliphatic heterocycles. The molecular formula is C27H21ClN2O6. The number of ether oxygens (including phenoxy) is 2. The van der Waals surface area contributed by atoms with Crippen molar-refractivity contribution in [1.82, 2.24) is 0 Å². The molecule has 4 rings (SSSR count). The first-order valence-electron chi connectivity index (χ1n) is 11.1. The van der Waals surface area contributed by atoms with Crippen LogP contribution in [0.25, 0.3) is 0 Å². The van der Waals surface area contributed by atoms with Crippen molar-refractivity contribution in [1.29, 1.82) is 0 Å². The number of hydrogen-bond acceptors (Lipinski definition) is 7. The Morgan fingerprint density at radius 2 is 1.53 bits per heavy atom. The van der Waals surface area contributed by atoms with E-state index in [1.54, 1.807) is 48.5 Å². The van der Waals surface area contributed by atoms with Gasteiger partial charge in [-0.3, -0.25) is 9.59 Å². The number of carbonyl (C=O) groups excluding carboxylic acids is 4. The number of benzene rings is 3. The van der Waals surface area contributed by atoms with Crippen molar-refractivity contribution in [3.8, 4) is 5.75 Å². The highest BCUT2D eigenvalue weighted by Crippen LogP contribution is 2.32. The summed E-state index contributed by atoms with van der Waals surface area (Å²) >= 11 is 6.22. The molecule has 0 saturated carbocycles.